The highest BCUT2D eigenvalue weighted by Crippen LogP contribution is 2.30. The Bertz CT molecular complexity index is 547. The van der Waals surface area contributed by atoms with Crippen LogP contribution in [0.15, 0.2) is 17.0 Å². The van der Waals surface area contributed by atoms with Crippen molar-refractivity contribution in [2.24, 2.45) is 0 Å². The van der Waals surface area contributed by atoms with E-state index in [1.807, 2.05) is 6.92 Å². The first-order chi connectivity index (χ1) is 8.39. The van der Waals surface area contributed by atoms with Gasteiger partial charge in [-0.1, -0.05) is 0 Å². The molecule has 1 atom stereocenters. The van der Waals surface area contributed by atoms with E-state index in [1.165, 1.54) is 6.07 Å². The largest absolute Gasteiger partial charge is 0.488 e. The molecule has 0 aromatic heterocycles. The van der Waals surface area contributed by atoms with Gasteiger partial charge in [-0.25, -0.2) is 8.42 Å². The number of benzene rings is 1. The van der Waals surface area contributed by atoms with E-state index < -0.39 is 9.05 Å². The molecule has 1 heterocycles. The summed E-state index contributed by atoms with van der Waals surface area (Å²) in [6.45, 7) is 4.83. The molecular formula is C12H15ClO4S. The van der Waals surface area contributed by atoms with Crippen LogP contribution in [-0.4, -0.2) is 27.7 Å². The van der Waals surface area contributed by atoms with Crippen molar-refractivity contribution in [1.29, 1.82) is 0 Å². The van der Waals surface area contributed by atoms with Crippen LogP contribution in [0.2, 0.25) is 0 Å². The van der Waals surface area contributed by atoms with Gasteiger partial charge >= 0.3 is 0 Å². The SMILES string of the molecule is Cc1c(OC2CCOC2)ccc(S(=O)(=O)Cl)c1C. The Kier molecular flexibility index (Phi) is 3.84. The van der Waals surface area contributed by atoms with Crippen molar-refractivity contribution in [1.82, 2.24) is 0 Å². The Labute approximate surface area is 111 Å². The first kappa shape index (κ1) is 13.6. The lowest BCUT2D eigenvalue weighted by atomic mass is 10.1. The molecule has 0 spiro atoms. The average molecular weight is 291 g/mol. The van der Waals surface area contributed by atoms with E-state index in [0.29, 0.717) is 24.5 Å². The minimum absolute atomic E-state index is 0.0431. The van der Waals surface area contributed by atoms with Gasteiger partial charge in [0.15, 0.2) is 0 Å². The fourth-order valence-corrected chi connectivity index (χ4v) is 3.20. The lowest BCUT2D eigenvalue weighted by Crippen LogP contribution is -2.16. The lowest BCUT2D eigenvalue weighted by molar-refractivity contribution is 0.141. The summed E-state index contributed by atoms with van der Waals surface area (Å²) in [6.07, 6.45) is 0.898. The quantitative estimate of drug-likeness (QED) is 0.802. The molecule has 1 aliphatic heterocycles. The fraction of sp³-hybridized carbons (Fsp3) is 0.500. The Balaban J connectivity index is 2.31. The molecule has 100 valence electrons. The van der Waals surface area contributed by atoms with E-state index in [-0.39, 0.29) is 11.0 Å². The second kappa shape index (κ2) is 5.07. The van der Waals surface area contributed by atoms with Gasteiger partial charge in [-0.05, 0) is 37.1 Å². The summed E-state index contributed by atoms with van der Waals surface area (Å²) in [5, 5.41) is 0. The van der Waals surface area contributed by atoms with Crippen LogP contribution in [0.3, 0.4) is 0 Å². The van der Waals surface area contributed by atoms with Crippen molar-refractivity contribution < 1.29 is 17.9 Å². The van der Waals surface area contributed by atoms with Crippen molar-refractivity contribution in [3.63, 3.8) is 0 Å². The Morgan fingerprint density at radius 3 is 2.61 bits per heavy atom. The standard InChI is InChI=1S/C12H15ClO4S/c1-8-9(2)12(18(13,14)15)4-3-11(8)17-10-5-6-16-7-10/h3-4,10H,5-7H2,1-2H3. The maximum Gasteiger partial charge on any atom is 0.261 e. The summed E-state index contributed by atoms with van der Waals surface area (Å²) < 4.78 is 33.8. The van der Waals surface area contributed by atoms with Gasteiger partial charge in [-0.3, -0.25) is 0 Å². The van der Waals surface area contributed by atoms with Gasteiger partial charge in [-0.15, -0.1) is 0 Å². The molecule has 1 saturated heterocycles. The fourth-order valence-electron chi connectivity index (χ4n) is 1.95. The molecule has 4 nitrogen and oxygen atoms in total. The van der Waals surface area contributed by atoms with Crippen molar-refractivity contribution in [3.8, 4) is 5.75 Å². The molecular weight excluding hydrogens is 276 g/mol. The van der Waals surface area contributed by atoms with Gasteiger partial charge in [0, 0.05) is 17.1 Å². The molecule has 0 radical (unpaired) electrons. The molecule has 0 bridgehead atoms. The van der Waals surface area contributed by atoms with E-state index in [9.17, 15) is 8.42 Å². The Hall–Kier alpha value is -0.780. The zero-order chi connectivity index (χ0) is 13.3. The van der Waals surface area contributed by atoms with E-state index >= 15 is 0 Å². The van der Waals surface area contributed by atoms with Gasteiger partial charge in [0.25, 0.3) is 9.05 Å². The van der Waals surface area contributed by atoms with Crippen LogP contribution < -0.4 is 4.74 Å². The van der Waals surface area contributed by atoms with Gasteiger partial charge < -0.3 is 9.47 Å². The summed E-state index contributed by atoms with van der Waals surface area (Å²) in [5.41, 5.74) is 1.42. The molecule has 1 aliphatic rings. The predicted molar refractivity (Wildman–Crippen MR) is 68.8 cm³/mol. The van der Waals surface area contributed by atoms with Crippen LogP contribution >= 0.6 is 10.7 Å². The minimum Gasteiger partial charge on any atom is -0.488 e. The zero-order valence-electron chi connectivity index (χ0n) is 10.3. The van der Waals surface area contributed by atoms with Crippen LogP contribution in [0.1, 0.15) is 17.5 Å². The van der Waals surface area contributed by atoms with Gasteiger partial charge in [0.2, 0.25) is 0 Å². The highest BCUT2D eigenvalue weighted by molar-refractivity contribution is 8.13. The second-order valence-electron chi connectivity index (χ2n) is 4.35. The maximum atomic E-state index is 11.4. The average Bonchev–Trinajstić information content (AvgIpc) is 2.76. The lowest BCUT2D eigenvalue weighted by Gasteiger charge is -2.16. The summed E-state index contributed by atoms with van der Waals surface area (Å²) >= 11 is 0. The molecule has 0 aliphatic carbocycles. The summed E-state index contributed by atoms with van der Waals surface area (Å²) in [5.74, 6) is 0.687. The van der Waals surface area contributed by atoms with E-state index in [0.717, 1.165) is 12.0 Å². The van der Waals surface area contributed by atoms with Crippen LogP contribution in [0.25, 0.3) is 0 Å². The Morgan fingerprint density at radius 2 is 2.06 bits per heavy atom. The summed E-state index contributed by atoms with van der Waals surface area (Å²) in [6, 6.07) is 3.13. The molecule has 0 N–H and O–H groups in total. The van der Waals surface area contributed by atoms with Crippen LogP contribution in [-0.2, 0) is 13.8 Å². The third-order valence-electron chi connectivity index (χ3n) is 3.13. The number of rotatable bonds is 3. The Morgan fingerprint density at radius 1 is 1.33 bits per heavy atom. The van der Waals surface area contributed by atoms with Gasteiger partial charge in [-0.2, -0.15) is 0 Å². The van der Waals surface area contributed by atoms with Crippen molar-refractivity contribution in [3.05, 3.63) is 23.3 Å². The molecule has 6 heteroatoms. The van der Waals surface area contributed by atoms with E-state index in [2.05, 4.69) is 0 Å². The normalized spacial score (nSPS) is 20.1. The smallest absolute Gasteiger partial charge is 0.261 e. The maximum absolute atomic E-state index is 11.4. The predicted octanol–water partition coefficient (Wildman–Crippen LogP) is 2.40. The molecule has 0 amide bonds. The van der Waals surface area contributed by atoms with Crippen LogP contribution in [0.5, 0.6) is 5.75 Å². The molecule has 2 rings (SSSR count). The topological polar surface area (TPSA) is 52.6 Å². The number of halogens is 1. The molecule has 0 saturated carbocycles. The minimum atomic E-state index is -3.71. The van der Waals surface area contributed by atoms with Crippen molar-refractivity contribution >= 4 is 19.7 Å². The number of hydrogen-bond donors (Lipinski definition) is 0. The third-order valence-corrected chi connectivity index (χ3v) is 4.60. The third kappa shape index (κ3) is 2.79. The van der Waals surface area contributed by atoms with Gasteiger partial charge in [0.1, 0.15) is 11.9 Å². The second-order valence-corrected chi connectivity index (χ2v) is 6.89. The molecule has 18 heavy (non-hydrogen) atoms. The monoisotopic (exact) mass is 290 g/mol. The van der Waals surface area contributed by atoms with Gasteiger partial charge in [0.05, 0.1) is 18.1 Å². The molecule has 1 fully saturated rings. The molecule has 1 unspecified atom stereocenters. The van der Waals surface area contributed by atoms with Crippen molar-refractivity contribution in [2.45, 2.75) is 31.3 Å². The first-order valence-corrected chi connectivity index (χ1v) is 8.00. The first-order valence-electron chi connectivity index (χ1n) is 5.69. The van der Waals surface area contributed by atoms with Crippen LogP contribution in [0, 0.1) is 13.8 Å². The molecule has 1 aromatic carbocycles. The number of hydrogen-bond acceptors (Lipinski definition) is 4. The van der Waals surface area contributed by atoms with E-state index in [4.69, 9.17) is 20.2 Å². The van der Waals surface area contributed by atoms with Crippen molar-refractivity contribution in [2.75, 3.05) is 13.2 Å². The van der Waals surface area contributed by atoms with E-state index in [1.54, 1.807) is 13.0 Å². The van der Waals surface area contributed by atoms with Crippen LogP contribution in [0.4, 0.5) is 0 Å². The number of ether oxygens (including phenoxy) is 2. The highest BCUT2D eigenvalue weighted by Gasteiger charge is 2.21. The zero-order valence-corrected chi connectivity index (χ0v) is 11.8. The highest BCUT2D eigenvalue weighted by atomic mass is 35.7. The molecule has 1 aromatic rings. The summed E-state index contributed by atoms with van der Waals surface area (Å²) in [4.78, 5) is 0.136. The summed E-state index contributed by atoms with van der Waals surface area (Å²) in [7, 11) is 1.66.